The van der Waals surface area contributed by atoms with Gasteiger partial charge in [-0.2, -0.15) is 0 Å². The zero-order chi connectivity index (χ0) is 17.3. The number of amides is 2. The Morgan fingerprint density at radius 1 is 1.21 bits per heavy atom. The highest BCUT2D eigenvalue weighted by Gasteiger charge is 2.34. The van der Waals surface area contributed by atoms with Crippen molar-refractivity contribution in [3.05, 3.63) is 65.5 Å². The van der Waals surface area contributed by atoms with Gasteiger partial charge >= 0.3 is 0 Å². The number of carbonyl (C=O) groups excluding carboxylic acids is 2. The molecule has 0 spiro atoms. The second-order valence-corrected chi connectivity index (χ2v) is 6.21. The summed E-state index contributed by atoms with van der Waals surface area (Å²) >= 11 is 0. The Labute approximate surface area is 140 Å². The molecule has 0 aromatic heterocycles. The normalized spacial score (nSPS) is 17.2. The Morgan fingerprint density at radius 2 is 1.92 bits per heavy atom. The molecule has 1 atom stereocenters. The molecule has 1 aliphatic heterocycles. The number of carbonyl (C=O) groups is 2. The molecule has 0 saturated carbocycles. The van der Waals surface area contributed by atoms with Gasteiger partial charge in [-0.25, -0.2) is 4.39 Å². The van der Waals surface area contributed by atoms with Crippen molar-refractivity contribution in [1.29, 1.82) is 0 Å². The molecular formula is C19H19FN2O2. The van der Waals surface area contributed by atoms with E-state index in [9.17, 15) is 14.0 Å². The fourth-order valence-corrected chi connectivity index (χ4v) is 3.01. The molecule has 2 aromatic carbocycles. The Balaban J connectivity index is 2.21. The van der Waals surface area contributed by atoms with Crippen LogP contribution in [0.1, 0.15) is 31.0 Å². The first-order valence-corrected chi connectivity index (χ1v) is 7.92. The topological polar surface area (TPSA) is 49.4 Å². The summed E-state index contributed by atoms with van der Waals surface area (Å²) in [4.78, 5) is 26.5. The molecule has 2 aromatic rings. The van der Waals surface area contributed by atoms with Gasteiger partial charge in [0.15, 0.2) is 0 Å². The lowest BCUT2D eigenvalue weighted by Crippen LogP contribution is -2.41. The van der Waals surface area contributed by atoms with Crippen LogP contribution in [0.25, 0.3) is 0 Å². The first kappa shape index (κ1) is 16.2. The number of nitrogens with zero attached hydrogens (tertiary/aromatic N) is 1. The Morgan fingerprint density at radius 3 is 2.58 bits per heavy atom. The van der Waals surface area contributed by atoms with Crippen LogP contribution < -0.4 is 5.32 Å². The highest BCUT2D eigenvalue weighted by molar-refractivity contribution is 5.97. The molecule has 0 fully saturated rings. The number of nitrogens with one attached hydrogen (secondary N) is 1. The third kappa shape index (κ3) is 3.02. The summed E-state index contributed by atoms with van der Waals surface area (Å²) in [6, 6.07) is 13.1. The second-order valence-electron chi connectivity index (χ2n) is 6.21. The molecule has 1 heterocycles. The summed E-state index contributed by atoms with van der Waals surface area (Å²) in [5, 5.41) is 2.77. The number of fused-ring (bicyclic) bond motifs is 1. The first-order valence-electron chi connectivity index (χ1n) is 7.92. The van der Waals surface area contributed by atoms with E-state index < -0.39 is 11.9 Å². The van der Waals surface area contributed by atoms with Crippen LogP contribution in [0, 0.1) is 11.7 Å². The van der Waals surface area contributed by atoms with Crippen LogP contribution in [-0.2, 0) is 9.59 Å². The van der Waals surface area contributed by atoms with Crippen LogP contribution >= 0.6 is 0 Å². The lowest BCUT2D eigenvalue weighted by molar-refractivity contribution is -0.139. The highest BCUT2D eigenvalue weighted by atomic mass is 19.1. The molecule has 0 saturated heterocycles. The van der Waals surface area contributed by atoms with Crippen molar-refractivity contribution >= 4 is 17.5 Å². The van der Waals surface area contributed by atoms with Gasteiger partial charge < -0.3 is 10.2 Å². The lowest BCUT2D eigenvalue weighted by atomic mass is 9.95. The summed E-state index contributed by atoms with van der Waals surface area (Å²) in [6.45, 7) is 3.52. The van der Waals surface area contributed by atoms with Gasteiger partial charge in [0.1, 0.15) is 12.4 Å². The molecule has 0 bridgehead atoms. The number of halogens is 1. The number of hydrogen-bond donors (Lipinski definition) is 1. The van der Waals surface area contributed by atoms with Crippen molar-refractivity contribution in [2.45, 2.75) is 19.9 Å². The van der Waals surface area contributed by atoms with Gasteiger partial charge in [0, 0.05) is 17.2 Å². The molecule has 1 N–H and O–H groups in total. The zero-order valence-corrected chi connectivity index (χ0v) is 13.6. The maximum Gasteiger partial charge on any atom is 0.244 e. The van der Waals surface area contributed by atoms with Crippen molar-refractivity contribution in [3.8, 4) is 0 Å². The van der Waals surface area contributed by atoms with E-state index in [2.05, 4.69) is 5.32 Å². The van der Waals surface area contributed by atoms with Gasteiger partial charge in [-0.15, -0.1) is 0 Å². The Hall–Kier alpha value is -2.69. The number of hydrogen-bond acceptors (Lipinski definition) is 2. The summed E-state index contributed by atoms with van der Waals surface area (Å²) in [5.74, 6) is -1.09. The van der Waals surface area contributed by atoms with Gasteiger partial charge in [0.25, 0.3) is 0 Å². The number of rotatable bonds is 2. The monoisotopic (exact) mass is 326 g/mol. The Kier molecular flexibility index (Phi) is 4.34. The fraction of sp³-hybridized carbons (Fsp3) is 0.263. The largest absolute Gasteiger partial charge is 0.324 e. The molecule has 4 nitrogen and oxygen atoms in total. The summed E-state index contributed by atoms with van der Waals surface area (Å²) < 4.78 is 13.9. The predicted octanol–water partition coefficient (Wildman–Crippen LogP) is 3.35. The lowest BCUT2D eigenvalue weighted by Gasteiger charge is -2.31. The zero-order valence-electron chi connectivity index (χ0n) is 13.6. The average molecular weight is 326 g/mol. The third-order valence-electron chi connectivity index (χ3n) is 4.10. The SMILES string of the molecule is CC(C)C(=O)N1CC(=O)Nc2ccc(F)cc2[C@@H]1c1ccccc1. The molecule has 124 valence electrons. The Bertz CT molecular complexity index is 774. The van der Waals surface area contributed by atoms with Crippen molar-refractivity contribution < 1.29 is 14.0 Å². The maximum atomic E-state index is 13.9. The van der Waals surface area contributed by atoms with Crippen LogP contribution in [0.2, 0.25) is 0 Å². The minimum Gasteiger partial charge on any atom is -0.324 e. The predicted molar refractivity (Wildman–Crippen MR) is 89.9 cm³/mol. The van der Waals surface area contributed by atoms with E-state index in [1.54, 1.807) is 19.9 Å². The maximum absolute atomic E-state index is 13.9. The minimum absolute atomic E-state index is 0.0626. The average Bonchev–Trinajstić information content (AvgIpc) is 2.70. The second kappa shape index (κ2) is 6.43. The molecule has 1 aliphatic rings. The number of anilines is 1. The molecule has 3 rings (SSSR count). The summed E-state index contributed by atoms with van der Waals surface area (Å²) in [7, 11) is 0. The molecule has 24 heavy (non-hydrogen) atoms. The van der Waals surface area contributed by atoms with E-state index in [1.165, 1.54) is 17.0 Å². The van der Waals surface area contributed by atoms with Gasteiger partial charge in [0.05, 0.1) is 6.04 Å². The van der Waals surface area contributed by atoms with Crippen LogP contribution in [0.15, 0.2) is 48.5 Å². The van der Waals surface area contributed by atoms with Crippen molar-refractivity contribution in [2.75, 3.05) is 11.9 Å². The molecule has 0 unspecified atom stereocenters. The fourth-order valence-electron chi connectivity index (χ4n) is 3.01. The van der Waals surface area contributed by atoms with E-state index >= 15 is 0 Å². The van der Waals surface area contributed by atoms with Crippen molar-refractivity contribution in [1.82, 2.24) is 4.90 Å². The minimum atomic E-state index is -0.509. The smallest absolute Gasteiger partial charge is 0.244 e. The van der Waals surface area contributed by atoms with Crippen LogP contribution in [0.4, 0.5) is 10.1 Å². The van der Waals surface area contributed by atoms with E-state index in [1.807, 2.05) is 30.3 Å². The van der Waals surface area contributed by atoms with Crippen LogP contribution in [0.3, 0.4) is 0 Å². The molecule has 5 heteroatoms. The van der Waals surface area contributed by atoms with Crippen LogP contribution in [-0.4, -0.2) is 23.3 Å². The molecule has 0 aliphatic carbocycles. The molecule has 2 amide bonds. The van der Waals surface area contributed by atoms with Crippen LogP contribution in [0.5, 0.6) is 0 Å². The molecule has 0 radical (unpaired) electrons. The van der Waals surface area contributed by atoms with Crippen molar-refractivity contribution in [3.63, 3.8) is 0 Å². The highest BCUT2D eigenvalue weighted by Crippen LogP contribution is 2.36. The summed E-state index contributed by atoms with van der Waals surface area (Å²) in [6.07, 6.45) is 0. The first-order chi connectivity index (χ1) is 11.5. The van der Waals surface area contributed by atoms with E-state index in [0.29, 0.717) is 11.3 Å². The van der Waals surface area contributed by atoms with E-state index in [0.717, 1.165) is 5.56 Å². The summed E-state index contributed by atoms with van der Waals surface area (Å²) in [5.41, 5.74) is 1.96. The van der Waals surface area contributed by atoms with E-state index in [4.69, 9.17) is 0 Å². The quantitative estimate of drug-likeness (QED) is 0.920. The van der Waals surface area contributed by atoms with Crippen molar-refractivity contribution in [2.24, 2.45) is 5.92 Å². The van der Waals surface area contributed by atoms with Gasteiger partial charge in [-0.3, -0.25) is 9.59 Å². The standard InChI is InChI=1S/C19H19FN2O2/c1-12(2)19(24)22-11-17(23)21-16-9-8-14(20)10-15(16)18(22)13-6-4-3-5-7-13/h3-10,12,18H,11H2,1-2H3,(H,21,23)/t18-/m0/s1. The van der Waals surface area contributed by atoms with E-state index in [-0.39, 0.29) is 24.3 Å². The van der Waals surface area contributed by atoms with Gasteiger partial charge in [-0.05, 0) is 23.8 Å². The van der Waals surface area contributed by atoms with Gasteiger partial charge in [0.2, 0.25) is 11.8 Å². The third-order valence-corrected chi connectivity index (χ3v) is 4.10. The molecular weight excluding hydrogens is 307 g/mol. The van der Waals surface area contributed by atoms with Gasteiger partial charge in [-0.1, -0.05) is 44.2 Å². The number of benzene rings is 2.